The summed E-state index contributed by atoms with van der Waals surface area (Å²) in [5.41, 5.74) is 2.95. The molecule has 1 atom stereocenters. The van der Waals surface area contributed by atoms with E-state index in [1.807, 2.05) is 69.5 Å². The van der Waals surface area contributed by atoms with Crippen LogP contribution in [0.3, 0.4) is 0 Å². The van der Waals surface area contributed by atoms with Crippen molar-refractivity contribution in [2.75, 3.05) is 6.54 Å². The summed E-state index contributed by atoms with van der Waals surface area (Å²) in [5.74, 6) is -0.756. The molecular weight excluding hydrogens is 447 g/mol. The van der Waals surface area contributed by atoms with Crippen LogP contribution in [-0.4, -0.2) is 34.2 Å². The third-order valence-corrected chi connectivity index (χ3v) is 7.07. The van der Waals surface area contributed by atoms with Crippen molar-refractivity contribution in [1.82, 2.24) is 9.80 Å². The van der Waals surface area contributed by atoms with Gasteiger partial charge in [-0.15, -0.1) is 11.3 Å². The summed E-state index contributed by atoms with van der Waals surface area (Å²) >= 11 is 1.61. The zero-order valence-corrected chi connectivity index (χ0v) is 21.1. The zero-order chi connectivity index (χ0) is 24.7. The monoisotopic (exact) mass is 480 g/mol. The van der Waals surface area contributed by atoms with E-state index in [2.05, 4.69) is 0 Å². The van der Waals surface area contributed by atoms with Crippen molar-refractivity contribution in [2.24, 2.45) is 0 Å². The van der Waals surface area contributed by atoms with Gasteiger partial charge >= 0.3 is 0 Å². The molecule has 3 aromatic rings. The van der Waals surface area contributed by atoms with Crippen molar-refractivity contribution in [3.8, 4) is 0 Å². The molecule has 2 aromatic carbocycles. The van der Waals surface area contributed by atoms with Crippen LogP contribution in [0.2, 0.25) is 0 Å². The van der Waals surface area contributed by atoms with Crippen LogP contribution in [0.5, 0.6) is 0 Å². The Bertz CT molecular complexity index is 1080. The molecule has 0 saturated carbocycles. The second-order valence-corrected chi connectivity index (χ2v) is 9.84. The summed E-state index contributed by atoms with van der Waals surface area (Å²) in [7, 11) is 0. The van der Waals surface area contributed by atoms with E-state index in [1.54, 1.807) is 33.3 Å². The maximum absolute atomic E-state index is 13.6. The predicted molar refractivity (Wildman–Crippen MR) is 136 cm³/mol. The van der Waals surface area contributed by atoms with Crippen LogP contribution in [0.25, 0.3) is 0 Å². The lowest BCUT2D eigenvalue weighted by atomic mass is 9.94. The first kappa shape index (κ1) is 25.6. The Labute approximate surface area is 206 Å². The molecule has 1 aromatic heterocycles. The number of thiophene rings is 1. The molecule has 0 aliphatic rings. The van der Waals surface area contributed by atoms with Crippen LogP contribution in [0.15, 0.2) is 66.0 Å². The summed E-state index contributed by atoms with van der Waals surface area (Å²) < 4.78 is 13.4. The van der Waals surface area contributed by atoms with Gasteiger partial charge in [0.05, 0.1) is 12.5 Å². The molecule has 1 heterocycles. The minimum atomic E-state index is -0.307. The number of carbonyl (C=O) groups excluding carboxylic acids is 2. The average molecular weight is 481 g/mol. The minimum Gasteiger partial charge on any atom is -0.332 e. The Hall–Kier alpha value is -2.99. The van der Waals surface area contributed by atoms with Gasteiger partial charge in [-0.3, -0.25) is 9.59 Å². The van der Waals surface area contributed by atoms with Crippen LogP contribution in [0, 0.1) is 12.7 Å². The number of hydrogen-bond acceptors (Lipinski definition) is 3. The molecule has 1 unspecified atom stereocenters. The fraction of sp³-hybridized carbons (Fsp3) is 0.357. The Morgan fingerprint density at radius 3 is 2.21 bits per heavy atom. The topological polar surface area (TPSA) is 40.6 Å². The number of nitrogens with zero attached hydrogens (tertiary/aromatic N) is 2. The SMILES string of the molecule is CCC(C(=O)N(CC(=O)N(Cc1ccc(F)cc1)Cc1sccc1C)C(C)C)c1ccccc1. The van der Waals surface area contributed by atoms with E-state index >= 15 is 0 Å². The fourth-order valence-electron chi connectivity index (χ4n) is 3.98. The second-order valence-electron chi connectivity index (χ2n) is 8.83. The van der Waals surface area contributed by atoms with E-state index in [1.165, 1.54) is 12.1 Å². The Balaban J connectivity index is 1.83. The molecule has 4 nitrogen and oxygen atoms in total. The third kappa shape index (κ3) is 6.54. The number of amides is 2. The predicted octanol–water partition coefficient (Wildman–Crippen LogP) is 6.16. The van der Waals surface area contributed by atoms with E-state index in [9.17, 15) is 14.0 Å². The first-order chi connectivity index (χ1) is 16.3. The maximum Gasteiger partial charge on any atom is 0.242 e. The van der Waals surface area contributed by atoms with E-state index in [4.69, 9.17) is 0 Å². The smallest absolute Gasteiger partial charge is 0.242 e. The summed E-state index contributed by atoms with van der Waals surface area (Å²) in [6, 6.07) is 17.9. The third-order valence-electron chi connectivity index (χ3n) is 6.06. The van der Waals surface area contributed by atoms with E-state index < -0.39 is 0 Å². The highest BCUT2D eigenvalue weighted by Crippen LogP contribution is 2.24. The van der Waals surface area contributed by atoms with Crippen LogP contribution in [0.4, 0.5) is 4.39 Å². The molecule has 0 saturated heterocycles. The van der Waals surface area contributed by atoms with Gasteiger partial charge in [-0.05, 0) is 67.5 Å². The van der Waals surface area contributed by atoms with Gasteiger partial charge < -0.3 is 9.80 Å². The molecule has 0 aliphatic heterocycles. The number of aryl methyl sites for hydroxylation is 1. The standard InChI is InChI=1S/C28H33FN2O2S/c1-5-25(23-9-7-6-8-10-23)28(33)31(20(2)3)19-27(32)30(18-26-21(4)15-16-34-26)17-22-11-13-24(29)14-12-22/h6-16,20,25H,5,17-19H2,1-4H3. The van der Waals surface area contributed by atoms with Gasteiger partial charge in [-0.25, -0.2) is 4.39 Å². The number of rotatable bonds is 10. The lowest BCUT2D eigenvalue weighted by Crippen LogP contribution is -2.47. The Morgan fingerprint density at radius 2 is 1.65 bits per heavy atom. The largest absolute Gasteiger partial charge is 0.332 e. The molecular formula is C28H33FN2O2S. The molecule has 6 heteroatoms. The molecule has 0 aliphatic carbocycles. The quantitative estimate of drug-likeness (QED) is 0.349. The van der Waals surface area contributed by atoms with Crippen molar-refractivity contribution in [3.05, 3.63) is 93.4 Å². The molecule has 3 rings (SSSR count). The molecule has 0 bridgehead atoms. The normalized spacial score (nSPS) is 11.9. The van der Waals surface area contributed by atoms with Gasteiger partial charge in [-0.1, -0.05) is 49.4 Å². The van der Waals surface area contributed by atoms with Gasteiger partial charge in [-0.2, -0.15) is 0 Å². The van der Waals surface area contributed by atoms with Gasteiger partial charge in [0.15, 0.2) is 0 Å². The highest BCUT2D eigenvalue weighted by atomic mass is 32.1. The maximum atomic E-state index is 13.6. The Kier molecular flexibility index (Phi) is 8.99. The van der Waals surface area contributed by atoms with Crippen molar-refractivity contribution >= 4 is 23.2 Å². The lowest BCUT2D eigenvalue weighted by Gasteiger charge is -2.32. The summed E-state index contributed by atoms with van der Waals surface area (Å²) in [6.07, 6.45) is 0.661. The summed E-state index contributed by atoms with van der Waals surface area (Å²) in [5, 5.41) is 2.01. The zero-order valence-electron chi connectivity index (χ0n) is 20.3. The fourth-order valence-corrected chi connectivity index (χ4v) is 4.90. The number of benzene rings is 2. The van der Waals surface area contributed by atoms with Crippen molar-refractivity contribution in [2.45, 2.75) is 59.2 Å². The molecule has 0 radical (unpaired) electrons. The highest BCUT2D eigenvalue weighted by Gasteiger charge is 2.29. The summed E-state index contributed by atoms with van der Waals surface area (Å²) in [6.45, 7) is 8.72. The first-order valence-corrected chi connectivity index (χ1v) is 12.6. The van der Waals surface area contributed by atoms with Gasteiger partial charge in [0.2, 0.25) is 11.8 Å². The lowest BCUT2D eigenvalue weighted by molar-refractivity contribution is -0.143. The molecule has 0 N–H and O–H groups in total. The minimum absolute atomic E-state index is 0.00541. The summed E-state index contributed by atoms with van der Waals surface area (Å²) in [4.78, 5) is 31.7. The van der Waals surface area contributed by atoms with Crippen molar-refractivity contribution in [1.29, 1.82) is 0 Å². The number of hydrogen-bond donors (Lipinski definition) is 0. The second kappa shape index (κ2) is 11.9. The molecule has 0 spiro atoms. The van der Waals surface area contributed by atoms with Crippen LogP contribution >= 0.6 is 11.3 Å². The van der Waals surface area contributed by atoms with E-state index in [0.717, 1.165) is 21.6 Å². The van der Waals surface area contributed by atoms with Gasteiger partial charge in [0, 0.05) is 17.5 Å². The van der Waals surface area contributed by atoms with Crippen molar-refractivity contribution in [3.63, 3.8) is 0 Å². The Morgan fingerprint density at radius 1 is 0.971 bits per heavy atom. The number of halogens is 1. The van der Waals surface area contributed by atoms with Crippen LogP contribution < -0.4 is 0 Å². The van der Waals surface area contributed by atoms with Crippen molar-refractivity contribution < 1.29 is 14.0 Å². The van der Waals surface area contributed by atoms with Crippen LogP contribution in [-0.2, 0) is 22.7 Å². The molecule has 0 fully saturated rings. The van der Waals surface area contributed by atoms with Gasteiger partial charge in [0.25, 0.3) is 0 Å². The van der Waals surface area contributed by atoms with Crippen LogP contribution in [0.1, 0.15) is 54.7 Å². The van der Waals surface area contributed by atoms with E-state index in [-0.39, 0.29) is 36.1 Å². The first-order valence-electron chi connectivity index (χ1n) is 11.7. The van der Waals surface area contributed by atoms with E-state index in [0.29, 0.717) is 19.5 Å². The average Bonchev–Trinajstić information content (AvgIpc) is 3.23. The highest BCUT2D eigenvalue weighted by molar-refractivity contribution is 7.10. The van der Waals surface area contributed by atoms with Gasteiger partial charge in [0.1, 0.15) is 12.4 Å². The molecule has 2 amide bonds. The molecule has 180 valence electrons. The molecule has 34 heavy (non-hydrogen) atoms. The number of carbonyl (C=O) groups is 2.